The zero-order chi connectivity index (χ0) is 11.1. The summed E-state index contributed by atoms with van der Waals surface area (Å²) in [7, 11) is 0. The van der Waals surface area contributed by atoms with Crippen LogP contribution in [-0.2, 0) is 0 Å². The van der Waals surface area contributed by atoms with Crippen LogP contribution in [0.5, 0.6) is 0 Å². The van der Waals surface area contributed by atoms with E-state index in [2.05, 4.69) is 29.3 Å². The molecule has 1 aromatic heterocycles. The van der Waals surface area contributed by atoms with Crippen molar-refractivity contribution >= 4 is 0 Å². The summed E-state index contributed by atoms with van der Waals surface area (Å²) in [6, 6.07) is 12.2. The van der Waals surface area contributed by atoms with Gasteiger partial charge in [0, 0.05) is 6.20 Å². The summed E-state index contributed by atoms with van der Waals surface area (Å²) in [5.41, 5.74) is 3.52. The second kappa shape index (κ2) is 5.91. The van der Waals surface area contributed by atoms with Crippen LogP contribution in [0.2, 0.25) is 0 Å². The Kier molecular flexibility index (Phi) is 4.48. The number of aryl methyl sites for hydroxylation is 3. The Labute approximate surface area is 91.0 Å². The molecule has 0 saturated carbocycles. The number of rotatable bonds is 0. The molecule has 0 N–H and O–H groups in total. The van der Waals surface area contributed by atoms with Gasteiger partial charge in [0.2, 0.25) is 0 Å². The van der Waals surface area contributed by atoms with Crippen molar-refractivity contribution in [2.75, 3.05) is 0 Å². The molecule has 0 fully saturated rings. The quantitative estimate of drug-likeness (QED) is 0.653. The molecule has 0 unspecified atom stereocenters. The van der Waals surface area contributed by atoms with Gasteiger partial charge in [0.1, 0.15) is 0 Å². The van der Waals surface area contributed by atoms with Gasteiger partial charge < -0.3 is 0 Å². The smallest absolute Gasteiger partial charge is 0.0629 e. The van der Waals surface area contributed by atoms with Crippen LogP contribution in [0.25, 0.3) is 0 Å². The molecule has 0 atom stereocenters. The lowest BCUT2D eigenvalue weighted by atomic mass is 10.2. The molecule has 2 nitrogen and oxygen atoms in total. The summed E-state index contributed by atoms with van der Waals surface area (Å²) in [5, 5.41) is 7.52. The van der Waals surface area contributed by atoms with E-state index in [1.807, 2.05) is 38.1 Å². The van der Waals surface area contributed by atoms with Crippen molar-refractivity contribution in [2.24, 2.45) is 0 Å². The fourth-order valence-corrected chi connectivity index (χ4v) is 0.999. The highest BCUT2D eigenvalue weighted by molar-refractivity contribution is 5.12. The first-order chi connectivity index (χ1) is 7.20. The highest BCUT2D eigenvalue weighted by Gasteiger charge is 1.86. The van der Waals surface area contributed by atoms with Crippen molar-refractivity contribution in [3.05, 3.63) is 59.4 Å². The average molecular weight is 200 g/mol. The van der Waals surface area contributed by atoms with Gasteiger partial charge in [-0.2, -0.15) is 10.2 Å². The molecule has 0 aliphatic heterocycles. The van der Waals surface area contributed by atoms with E-state index in [1.54, 1.807) is 6.20 Å². The molecular weight excluding hydrogens is 184 g/mol. The maximum atomic E-state index is 3.83. The molecule has 1 heterocycles. The van der Waals surface area contributed by atoms with Crippen molar-refractivity contribution in [2.45, 2.75) is 20.8 Å². The molecule has 0 bridgehead atoms. The Hall–Kier alpha value is -1.70. The second-order valence-electron chi connectivity index (χ2n) is 3.45. The molecule has 0 spiro atoms. The Morgan fingerprint density at radius 2 is 1.53 bits per heavy atom. The van der Waals surface area contributed by atoms with E-state index < -0.39 is 0 Å². The van der Waals surface area contributed by atoms with Crippen LogP contribution in [0.3, 0.4) is 0 Å². The standard InChI is InChI=1S/C7H8.C6H8N2/c1-7-5-3-2-4-6-7;1-5-3-4-7-8-6(5)2/h2-6H,1H3;3-4H,1-2H3. The van der Waals surface area contributed by atoms with Crippen LogP contribution in [-0.4, -0.2) is 10.2 Å². The van der Waals surface area contributed by atoms with Crippen LogP contribution in [0, 0.1) is 20.8 Å². The first-order valence-corrected chi connectivity index (χ1v) is 4.96. The number of nitrogens with zero attached hydrogens (tertiary/aromatic N) is 2. The fourth-order valence-electron chi connectivity index (χ4n) is 0.999. The Bertz CT molecular complexity index is 375. The minimum atomic E-state index is 1.01. The molecule has 1 aromatic carbocycles. The van der Waals surface area contributed by atoms with E-state index in [1.165, 1.54) is 11.1 Å². The van der Waals surface area contributed by atoms with Crippen LogP contribution < -0.4 is 0 Å². The largest absolute Gasteiger partial charge is 0.159 e. The average Bonchev–Trinajstić information content (AvgIpc) is 2.25. The third-order valence-electron chi connectivity index (χ3n) is 2.11. The molecule has 0 radical (unpaired) electrons. The molecule has 2 rings (SSSR count). The van der Waals surface area contributed by atoms with E-state index in [-0.39, 0.29) is 0 Å². The zero-order valence-corrected chi connectivity index (χ0v) is 9.44. The van der Waals surface area contributed by atoms with Crippen LogP contribution in [0.4, 0.5) is 0 Å². The molecule has 15 heavy (non-hydrogen) atoms. The summed E-state index contributed by atoms with van der Waals surface area (Å²) in [6.07, 6.45) is 1.70. The van der Waals surface area contributed by atoms with Crippen molar-refractivity contribution in [1.29, 1.82) is 0 Å². The van der Waals surface area contributed by atoms with Gasteiger partial charge in [-0.05, 0) is 32.4 Å². The van der Waals surface area contributed by atoms with E-state index in [9.17, 15) is 0 Å². The number of benzene rings is 1. The fraction of sp³-hybridized carbons (Fsp3) is 0.231. The van der Waals surface area contributed by atoms with Gasteiger partial charge in [0.15, 0.2) is 0 Å². The van der Waals surface area contributed by atoms with Gasteiger partial charge >= 0.3 is 0 Å². The minimum Gasteiger partial charge on any atom is -0.159 e. The van der Waals surface area contributed by atoms with Crippen molar-refractivity contribution < 1.29 is 0 Å². The van der Waals surface area contributed by atoms with E-state index in [0.717, 1.165) is 5.69 Å². The highest BCUT2D eigenvalue weighted by Crippen LogP contribution is 1.96. The lowest BCUT2D eigenvalue weighted by Crippen LogP contribution is -1.86. The van der Waals surface area contributed by atoms with Gasteiger partial charge in [-0.1, -0.05) is 35.9 Å². The summed E-state index contributed by atoms with van der Waals surface area (Å²) in [6.45, 7) is 6.05. The Morgan fingerprint density at radius 1 is 0.867 bits per heavy atom. The Balaban J connectivity index is 0.000000151. The Morgan fingerprint density at radius 3 is 1.87 bits per heavy atom. The van der Waals surface area contributed by atoms with E-state index in [0.29, 0.717) is 0 Å². The first kappa shape index (κ1) is 11.4. The normalized spacial score (nSPS) is 9.00. The topological polar surface area (TPSA) is 25.8 Å². The zero-order valence-electron chi connectivity index (χ0n) is 9.44. The predicted molar refractivity (Wildman–Crippen MR) is 62.7 cm³/mol. The SMILES string of the molecule is Cc1ccccc1.Cc1ccnnc1C. The van der Waals surface area contributed by atoms with Crippen molar-refractivity contribution in [3.63, 3.8) is 0 Å². The first-order valence-electron chi connectivity index (χ1n) is 4.96. The molecule has 2 heteroatoms. The molecule has 0 amide bonds. The van der Waals surface area contributed by atoms with Gasteiger partial charge in [0.25, 0.3) is 0 Å². The maximum absolute atomic E-state index is 3.83. The highest BCUT2D eigenvalue weighted by atomic mass is 15.1. The third kappa shape index (κ3) is 4.36. The minimum absolute atomic E-state index is 1.01. The monoisotopic (exact) mass is 200 g/mol. The third-order valence-corrected chi connectivity index (χ3v) is 2.11. The number of hydrogen-bond donors (Lipinski definition) is 0. The molecule has 0 saturated heterocycles. The van der Waals surface area contributed by atoms with Gasteiger partial charge in [-0.15, -0.1) is 0 Å². The van der Waals surface area contributed by atoms with Gasteiger partial charge in [-0.3, -0.25) is 0 Å². The maximum Gasteiger partial charge on any atom is 0.0629 e. The van der Waals surface area contributed by atoms with E-state index in [4.69, 9.17) is 0 Å². The number of aromatic nitrogens is 2. The lowest BCUT2D eigenvalue weighted by molar-refractivity contribution is 0.961. The molecule has 2 aromatic rings. The predicted octanol–water partition coefficient (Wildman–Crippen LogP) is 3.09. The van der Waals surface area contributed by atoms with Crippen molar-refractivity contribution in [3.8, 4) is 0 Å². The molecule has 0 aliphatic carbocycles. The summed E-state index contributed by atoms with van der Waals surface area (Å²) < 4.78 is 0. The summed E-state index contributed by atoms with van der Waals surface area (Å²) in [4.78, 5) is 0. The molecule has 0 aliphatic rings. The summed E-state index contributed by atoms with van der Waals surface area (Å²) >= 11 is 0. The van der Waals surface area contributed by atoms with Crippen LogP contribution >= 0.6 is 0 Å². The second-order valence-corrected chi connectivity index (χ2v) is 3.45. The summed E-state index contributed by atoms with van der Waals surface area (Å²) in [5.74, 6) is 0. The van der Waals surface area contributed by atoms with Gasteiger partial charge in [0.05, 0.1) is 5.69 Å². The van der Waals surface area contributed by atoms with Crippen LogP contribution in [0.15, 0.2) is 42.6 Å². The van der Waals surface area contributed by atoms with Gasteiger partial charge in [-0.25, -0.2) is 0 Å². The molecule has 78 valence electrons. The van der Waals surface area contributed by atoms with Crippen molar-refractivity contribution in [1.82, 2.24) is 10.2 Å². The van der Waals surface area contributed by atoms with Crippen LogP contribution in [0.1, 0.15) is 16.8 Å². The molecular formula is C13H16N2. The number of hydrogen-bond acceptors (Lipinski definition) is 2. The lowest BCUT2D eigenvalue weighted by Gasteiger charge is -1.91. The van der Waals surface area contributed by atoms with E-state index >= 15 is 0 Å².